The SMILES string of the molecule is CNC(=O)c1sc2ncccc2c1C1CCN(S(=O)(=O)c2c(C)n[nH]c2C)C1. The van der Waals surface area contributed by atoms with Gasteiger partial charge < -0.3 is 5.32 Å². The molecular weight excluding hydrogens is 398 g/mol. The molecule has 10 heteroatoms. The number of hydrogen-bond acceptors (Lipinski definition) is 6. The van der Waals surface area contributed by atoms with Crippen molar-refractivity contribution in [2.24, 2.45) is 0 Å². The van der Waals surface area contributed by atoms with Crippen molar-refractivity contribution in [1.82, 2.24) is 24.8 Å². The number of amides is 1. The van der Waals surface area contributed by atoms with Crippen LogP contribution in [-0.4, -0.2) is 53.9 Å². The normalized spacial score (nSPS) is 18.0. The maximum absolute atomic E-state index is 13.2. The number of fused-ring (bicyclic) bond motifs is 1. The van der Waals surface area contributed by atoms with Crippen LogP contribution in [0.2, 0.25) is 0 Å². The number of H-pyrrole nitrogens is 1. The fraction of sp³-hybridized carbons (Fsp3) is 0.389. The third kappa shape index (κ3) is 2.92. The Labute approximate surface area is 167 Å². The molecule has 148 valence electrons. The highest BCUT2D eigenvalue weighted by atomic mass is 32.2. The molecule has 4 heterocycles. The second-order valence-electron chi connectivity index (χ2n) is 6.89. The molecule has 0 spiro atoms. The summed E-state index contributed by atoms with van der Waals surface area (Å²) in [6.07, 6.45) is 2.35. The number of nitrogens with one attached hydrogen (secondary N) is 2. The molecule has 8 nitrogen and oxygen atoms in total. The molecule has 0 saturated carbocycles. The van der Waals surface area contributed by atoms with Gasteiger partial charge in [-0.2, -0.15) is 9.40 Å². The van der Waals surface area contributed by atoms with Crippen LogP contribution in [0.3, 0.4) is 0 Å². The van der Waals surface area contributed by atoms with Crippen LogP contribution < -0.4 is 5.32 Å². The molecule has 3 aromatic heterocycles. The molecule has 1 aliphatic rings. The Morgan fingerprint density at radius 2 is 2.18 bits per heavy atom. The molecule has 1 aliphatic heterocycles. The van der Waals surface area contributed by atoms with Gasteiger partial charge in [0.1, 0.15) is 9.73 Å². The van der Waals surface area contributed by atoms with E-state index in [2.05, 4.69) is 20.5 Å². The lowest BCUT2D eigenvalue weighted by Crippen LogP contribution is -2.29. The summed E-state index contributed by atoms with van der Waals surface area (Å²) < 4.78 is 27.8. The number of aryl methyl sites for hydroxylation is 2. The number of pyridine rings is 1. The molecule has 0 bridgehead atoms. The van der Waals surface area contributed by atoms with Gasteiger partial charge in [0.2, 0.25) is 10.0 Å². The average molecular weight is 420 g/mol. The number of carbonyl (C=O) groups is 1. The summed E-state index contributed by atoms with van der Waals surface area (Å²) in [5, 5.41) is 10.4. The summed E-state index contributed by atoms with van der Waals surface area (Å²) in [5.74, 6) is -0.228. The summed E-state index contributed by atoms with van der Waals surface area (Å²) in [4.78, 5) is 18.5. The largest absolute Gasteiger partial charge is 0.354 e. The third-order valence-electron chi connectivity index (χ3n) is 5.16. The summed E-state index contributed by atoms with van der Waals surface area (Å²) >= 11 is 1.35. The average Bonchev–Trinajstić information content (AvgIpc) is 3.37. The van der Waals surface area contributed by atoms with Gasteiger partial charge in [0.15, 0.2) is 0 Å². The first kappa shape index (κ1) is 19.0. The van der Waals surface area contributed by atoms with Gasteiger partial charge in [0.05, 0.1) is 16.3 Å². The molecule has 0 aliphatic carbocycles. The van der Waals surface area contributed by atoms with Crippen molar-refractivity contribution in [3.8, 4) is 0 Å². The van der Waals surface area contributed by atoms with Crippen molar-refractivity contribution in [2.75, 3.05) is 20.1 Å². The van der Waals surface area contributed by atoms with E-state index in [-0.39, 0.29) is 16.7 Å². The minimum absolute atomic E-state index is 0.0625. The van der Waals surface area contributed by atoms with Crippen LogP contribution in [0.5, 0.6) is 0 Å². The zero-order valence-corrected chi connectivity index (χ0v) is 17.4. The van der Waals surface area contributed by atoms with Crippen molar-refractivity contribution in [2.45, 2.75) is 31.1 Å². The number of sulfonamides is 1. The summed E-state index contributed by atoms with van der Waals surface area (Å²) in [6.45, 7) is 4.13. The first-order valence-corrected chi connectivity index (χ1v) is 11.2. The minimum Gasteiger partial charge on any atom is -0.354 e. The molecule has 2 N–H and O–H groups in total. The Bertz CT molecular complexity index is 1150. The molecule has 4 rings (SSSR count). The molecule has 1 fully saturated rings. The van der Waals surface area contributed by atoms with Crippen molar-refractivity contribution in [1.29, 1.82) is 0 Å². The highest BCUT2D eigenvalue weighted by Crippen LogP contribution is 2.40. The zero-order chi connectivity index (χ0) is 20.1. The van der Waals surface area contributed by atoms with Crippen molar-refractivity contribution in [3.63, 3.8) is 0 Å². The topological polar surface area (TPSA) is 108 Å². The van der Waals surface area contributed by atoms with Crippen LogP contribution in [-0.2, 0) is 10.0 Å². The quantitative estimate of drug-likeness (QED) is 0.674. The Morgan fingerprint density at radius 1 is 1.39 bits per heavy atom. The summed E-state index contributed by atoms with van der Waals surface area (Å²) in [5.41, 5.74) is 1.90. The maximum Gasteiger partial charge on any atom is 0.261 e. The van der Waals surface area contributed by atoms with E-state index in [0.717, 1.165) is 15.8 Å². The molecule has 1 atom stereocenters. The number of hydrogen-bond donors (Lipinski definition) is 2. The first-order valence-electron chi connectivity index (χ1n) is 8.95. The van der Waals surface area contributed by atoms with Crippen LogP contribution in [0.15, 0.2) is 23.2 Å². The van der Waals surface area contributed by atoms with E-state index in [0.29, 0.717) is 35.8 Å². The lowest BCUT2D eigenvalue weighted by atomic mass is 9.95. The summed E-state index contributed by atoms with van der Waals surface area (Å²) in [7, 11) is -2.05. The van der Waals surface area contributed by atoms with E-state index in [4.69, 9.17) is 0 Å². The molecule has 1 amide bonds. The second kappa shape index (κ2) is 6.94. The Balaban J connectivity index is 1.73. The monoisotopic (exact) mass is 419 g/mol. The van der Waals surface area contributed by atoms with E-state index in [1.54, 1.807) is 27.1 Å². The number of aromatic amines is 1. The van der Waals surface area contributed by atoms with Crippen LogP contribution in [0, 0.1) is 13.8 Å². The van der Waals surface area contributed by atoms with Gasteiger partial charge in [-0.05, 0) is 31.9 Å². The molecular formula is C18H21N5O3S2. The van der Waals surface area contributed by atoms with Crippen molar-refractivity contribution < 1.29 is 13.2 Å². The lowest BCUT2D eigenvalue weighted by Gasteiger charge is -2.17. The van der Waals surface area contributed by atoms with E-state index in [1.165, 1.54) is 15.6 Å². The van der Waals surface area contributed by atoms with Crippen molar-refractivity contribution in [3.05, 3.63) is 40.2 Å². The van der Waals surface area contributed by atoms with Gasteiger partial charge in [-0.3, -0.25) is 9.89 Å². The van der Waals surface area contributed by atoms with Gasteiger partial charge in [-0.15, -0.1) is 11.3 Å². The number of carbonyl (C=O) groups excluding carboxylic acids is 1. The number of nitrogens with zero attached hydrogens (tertiary/aromatic N) is 3. The van der Waals surface area contributed by atoms with Gasteiger partial charge >= 0.3 is 0 Å². The fourth-order valence-corrected chi connectivity index (χ4v) is 6.88. The molecule has 3 aromatic rings. The second-order valence-corrected chi connectivity index (χ2v) is 9.77. The molecule has 0 radical (unpaired) electrons. The minimum atomic E-state index is -3.65. The van der Waals surface area contributed by atoms with Gasteiger partial charge in [0, 0.05) is 37.6 Å². The summed E-state index contributed by atoms with van der Waals surface area (Å²) in [6, 6.07) is 3.79. The first-order chi connectivity index (χ1) is 13.3. The molecule has 0 aromatic carbocycles. The lowest BCUT2D eigenvalue weighted by molar-refractivity contribution is 0.0966. The zero-order valence-electron chi connectivity index (χ0n) is 15.8. The van der Waals surface area contributed by atoms with Crippen molar-refractivity contribution >= 4 is 37.5 Å². The number of aromatic nitrogens is 3. The maximum atomic E-state index is 13.2. The Morgan fingerprint density at radius 3 is 2.86 bits per heavy atom. The third-order valence-corrected chi connectivity index (χ3v) is 8.41. The highest BCUT2D eigenvalue weighted by Gasteiger charge is 2.38. The van der Waals surface area contributed by atoms with Gasteiger partial charge in [0.25, 0.3) is 5.91 Å². The standard InChI is InChI=1S/C18H21N5O3S2/c1-10-16(11(2)22-21-10)28(25,26)23-8-6-12(9-23)14-13-5-4-7-20-18(13)27-15(14)17(24)19-3/h4-5,7,12H,6,8-9H2,1-3H3,(H,19,24)(H,21,22). The van der Waals surface area contributed by atoms with Crippen LogP contribution in [0.4, 0.5) is 0 Å². The van der Waals surface area contributed by atoms with Crippen LogP contribution >= 0.6 is 11.3 Å². The fourth-order valence-electron chi connectivity index (χ4n) is 3.87. The smallest absolute Gasteiger partial charge is 0.261 e. The van der Waals surface area contributed by atoms with Crippen LogP contribution in [0.25, 0.3) is 10.2 Å². The van der Waals surface area contributed by atoms with E-state index in [1.807, 2.05) is 12.1 Å². The Kier molecular flexibility index (Phi) is 4.72. The predicted molar refractivity (Wildman–Crippen MR) is 107 cm³/mol. The predicted octanol–water partition coefficient (Wildman–Crippen LogP) is 2.17. The molecule has 28 heavy (non-hydrogen) atoms. The van der Waals surface area contributed by atoms with E-state index in [9.17, 15) is 13.2 Å². The number of thiophene rings is 1. The Hall–Kier alpha value is -2.30. The van der Waals surface area contributed by atoms with Gasteiger partial charge in [-0.1, -0.05) is 6.07 Å². The van der Waals surface area contributed by atoms with E-state index >= 15 is 0 Å². The number of rotatable bonds is 4. The van der Waals surface area contributed by atoms with Crippen LogP contribution in [0.1, 0.15) is 39.0 Å². The molecule has 1 unspecified atom stereocenters. The highest BCUT2D eigenvalue weighted by molar-refractivity contribution is 7.89. The van der Waals surface area contributed by atoms with Gasteiger partial charge in [-0.25, -0.2) is 13.4 Å². The van der Waals surface area contributed by atoms with E-state index < -0.39 is 10.0 Å². The molecule has 1 saturated heterocycles.